The second-order valence-corrected chi connectivity index (χ2v) is 7.98. The van der Waals surface area contributed by atoms with E-state index in [1.807, 2.05) is 12.3 Å². The second kappa shape index (κ2) is 9.14. The summed E-state index contributed by atoms with van der Waals surface area (Å²) in [6.07, 6.45) is 2.56. The third kappa shape index (κ3) is 6.62. The van der Waals surface area contributed by atoms with Crippen LogP contribution in [0.4, 0.5) is 10.8 Å². The van der Waals surface area contributed by atoms with E-state index in [-0.39, 0.29) is 18.3 Å². The molecule has 1 aromatic carbocycles. The van der Waals surface area contributed by atoms with Crippen LogP contribution in [0.1, 0.15) is 19.8 Å². The first kappa shape index (κ1) is 21.4. The van der Waals surface area contributed by atoms with Crippen LogP contribution in [0.2, 0.25) is 0 Å². The van der Waals surface area contributed by atoms with E-state index in [0.717, 1.165) is 18.2 Å². The topological polar surface area (TPSA) is 114 Å². The van der Waals surface area contributed by atoms with Gasteiger partial charge in [-0.2, -0.15) is 0 Å². The number of aromatic nitrogens is 1. The monoisotopic (exact) mass is 404 g/mol. The first-order valence-corrected chi connectivity index (χ1v) is 10.2. The van der Waals surface area contributed by atoms with Gasteiger partial charge < -0.3 is 11.1 Å². The largest absolute Gasteiger partial charge is 0.320 e. The van der Waals surface area contributed by atoms with Crippen molar-refractivity contribution in [1.29, 1.82) is 0 Å². The van der Waals surface area contributed by atoms with E-state index in [4.69, 9.17) is 5.73 Å². The highest BCUT2D eigenvalue weighted by Gasteiger charge is 2.14. The summed E-state index contributed by atoms with van der Waals surface area (Å²) in [4.78, 5) is 16.3. The highest BCUT2D eigenvalue weighted by Crippen LogP contribution is 2.26. The number of nitrogens with one attached hydrogen (secondary N) is 2. The lowest BCUT2D eigenvalue weighted by atomic mass is 10.1. The molecule has 0 aliphatic carbocycles. The number of thiazole rings is 1. The van der Waals surface area contributed by atoms with Gasteiger partial charge in [0.15, 0.2) is 5.13 Å². The molecule has 0 aliphatic heterocycles. The summed E-state index contributed by atoms with van der Waals surface area (Å²) < 4.78 is 24.8. The number of carbonyl (C=O) groups is 1. The number of carbonyl (C=O) groups excluding carboxylic acids is 1. The van der Waals surface area contributed by atoms with Crippen LogP contribution in [0, 0.1) is 0 Å². The molecule has 0 spiro atoms. The number of amides is 1. The number of hydrogen-bond donors (Lipinski definition) is 3. The SMILES string of the molecule is CCCC(N)C(=O)Nc1nc(-c2ccc(NS(C)(=O)=O)cc2)cs1.Cl. The van der Waals surface area contributed by atoms with Crippen LogP contribution in [0.5, 0.6) is 0 Å². The van der Waals surface area contributed by atoms with Crippen molar-refractivity contribution in [1.82, 2.24) is 4.98 Å². The first-order chi connectivity index (χ1) is 11.3. The van der Waals surface area contributed by atoms with Crippen LogP contribution in [0.15, 0.2) is 29.6 Å². The molecule has 7 nitrogen and oxygen atoms in total. The Morgan fingerprint density at radius 3 is 2.52 bits per heavy atom. The number of benzene rings is 1. The molecule has 1 unspecified atom stereocenters. The Morgan fingerprint density at radius 2 is 1.96 bits per heavy atom. The fourth-order valence-electron chi connectivity index (χ4n) is 2.03. The van der Waals surface area contributed by atoms with Gasteiger partial charge in [0.25, 0.3) is 0 Å². The Kier molecular flexibility index (Phi) is 7.81. The van der Waals surface area contributed by atoms with E-state index in [1.165, 1.54) is 11.3 Å². The van der Waals surface area contributed by atoms with E-state index in [1.54, 1.807) is 24.3 Å². The molecule has 0 aliphatic rings. The molecule has 2 rings (SSSR count). The Bertz CT molecular complexity index is 806. The van der Waals surface area contributed by atoms with Crippen molar-refractivity contribution in [2.24, 2.45) is 5.73 Å². The molecule has 1 heterocycles. The van der Waals surface area contributed by atoms with Crippen molar-refractivity contribution >= 4 is 50.5 Å². The lowest BCUT2D eigenvalue weighted by molar-refractivity contribution is -0.117. The maximum atomic E-state index is 11.9. The summed E-state index contributed by atoms with van der Waals surface area (Å²) >= 11 is 1.31. The van der Waals surface area contributed by atoms with Gasteiger partial charge in [-0.05, 0) is 18.6 Å². The Morgan fingerprint density at radius 1 is 1.32 bits per heavy atom. The number of anilines is 2. The van der Waals surface area contributed by atoms with Gasteiger partial charge in [-0.1, -0.05) is 25.5 Å². The molecule has 4 N–H and O–H groups in total. The van der Waals surface area contributed by atoms with Crippen LogP contribution in [0.25, 0.3) is 11.3 Å². The summed E-state index contributed by atoms with van der Waals surface area (Å²) in [6.45, 7) is 1.97. The van der Waals surface area contributed by atoms with Gasteiger partial charge in [-0.25, -0.2) is 13.4 Å². The normalized spacial score (nSPS) is 12.1. The lowest BCUT2D eigenvalue weighted by Crippen LogP contribution is -2.35. The molecule has 25 heavy (non-hydrogen) atoms. The van der Waals surface area contributed by atoms with Crippen molar-refractivity contribution in [3.05, 3.63) is 29.6 Å². The fraction of sp³-hybridized carbons (Fsp3) is 0.333. The Labute approximate surface area is 157 Å². The summed E-state index contributed by atoms with van der Waals surface area (Å²) in [7, 11) is -3.30. The van der Waals surface area contributed by atoms with E-state index < -0.39 is 16.1 Å². The molecule has 1 atom stereocenters. The summed E-state index contributed by atoms with van der Waals surface area (Å²) in [5.41, 5.74) is 7.77. The molecule has 1 amide bonds. The predicted octanol–water partition coefficient (Wildman–Crippen LogP) is 2.67. The minimum atomic E-state index is -3.30. The van der Waals surface area contributed by atoms with Crippen molar-refractivity contribution in [2.75, 3.05) is 16.3 Å². The summed E-state index contributed by atoms with van der Waals surface area (Å²) in [6, 6.07) is 6.30. The summed E-state index contributed by atoms with van der Waals surface area (Å²) in [5.74, 6) is -0.245. The molecule has 2 aromatic rings. The van der Waals surface area contributed by atoms with Gasteiger partial charge in [0.1, 0.15) is 0 Å². The first-order valence-electron chi connectivity index (χ1n) is 7.38. The molecule has 138 valence electrons. The van der Waals surface area contributed by atoms with E-state index in [9.17, 15) is 13.2 Å². The zero-order chi connectivity index (χ0) is 17.7. The third-order valence-corrected chi connectivity index (χ3v) is 4.52. The second-order valence-electron chi connectivity index (χ2n) is 5.37. The number of sulfonamides is 1. The molecule has 0 saturated heterocycles. The molecule has 0 radical (unpaired) electrons. The summed E-state index contributed by atoms with van der Waals surface area (Å²) in [5, 5.41) is 5.02. The fourth-order valence-corrected chi connectivity index (χ4v) is 3.31. The van der Waals surface area contributed by atoms with Gasteiger partial charge in [-0.15, -0.1) is 23.7 Å². The molecule has 0 fully saturated rings. The van der Waals surface area contributed by atoms with Gasteiger partial charge >= 0.3 is 0 Å². The average molecular weight is 405 g/mol. The standard InChI is InChI=1S/C15H20N4O3S2.ClH/c1-3-4-12(16)14(20)18-15-17-13(9-23-15)10-5-7-11(8-6-10)19-24(2,21)22;/h5-9,12,19H,3-4,16H2,1-2H3,(H,17,18,20);1H. The quantitative estimate of drug-likeness (QED) is 0.656. The molecule has 10 heteroatoms. The van der Waals surface area contributed by atoms with Gasteiger partial charge in [0, 0.05) is 16.6 Å². The number of rotatable bonds is 7. The molecular formula is C15H21ClN4O3S2. The highest BCUT2D eigenvalue weighted by atomic mass is 35.5. The minimum Gasteiger partial charge on any atom is -0.320 e. The lowest BCUT2D eigenvalue weighted by Gasteiger charge is -2.08. The van der Waals surface area contributed by atoms with Crippen molar-refractivity contribution in [3.8, 4) is 11.3 Å². The van der Waals surface area contributed by atoms with E-state index in [0.29, 0.717) is 22.9 Å². The number of hydrogen-bond acceptors (Lipinski definition) is 6. The minimum absolute atomic E-state index is 0. The molecule has 0 bridgehead atoms. The van der Waals surface area contributed by atoms with Crippen molar-refractivity contribution < 1.29 is 13.2 Å². The zero-order valence-electron chi connectivity index (χ0n) is 13.9. The van der Waals surface area contributed by atoms with Gasteiger partial charge in [0.05, 0.1) is 18.0 Å². The van der Waals surface area contributed by atoms with Crippen LogP contribution >= 0.6 is 23.7 Å². The van der Waals surface area contributed by atoms with Crippen molar-refractivity contribution in [3.63, 3.8) is 0 Å². The maximum absolute atomic E-state index is 11.9. The van der Waals surface area contributed by atoms with E-state index >= 15 is 0 Å². The van der Waals surface area contributed by atoms with Gasteiger partial charge in [0.2, 0.25) is 15.9 Å². The smallest absolute Gasteiger partial charge is 0.243 e. The van der Waals surface area contributed by atoms with E-state index in [2.05, 4.69) is 15.0 Å². The zero-order valence-corrected chi connectivity index (χ0v) is 16.3. The molecular weight excluding hydrogens is 384 g/mol. The molecule has 1 aromatic heterocycles. The number of nitrogens with two attached hydrogens (primary N) is 1. The van der Waals surface area contributed by atoms with Gasteiger partial charge in [-0.3, -0.25) is 9.52 Å². The average Bonchev–Trinajstić information content (AvgIpc) is 2.95. The highest BCUT2D eigenvalue weighted by molar-refractivity contribution is 7.92. The van der Waals surface area contributed by atoms with Crippen LogP contribution in [-0.4, -0.2) is 31.6 Å². The van der Waals surface area contributed by atoms with Crippen LogP contribution in [0.3, 0.4) is 0 Å². The Balaban J connectivity index is 0.00000312. The van der Waals surface area contributed by atoms with Crippen LogP contribution < -0.4 is 15.8 Å². The number of nitrogens with zero attached hydrogens (tertiary/aromatic N) is 1. The third-order valence-electron chi connectivity index (χ3n) is 3.15. The Hall–Kier alpha value is -1.68. The maximum Gasteiger partial charge on any atom is 0.243 e. The van der Waals surface area contributed by atoms with Crippen LogP contribution in [-0.2, 0) is 14.8 Å². The molecule has 0 saturated carbocycles. The number of halogens is 1. The predicted molar refractivity (Wildman–Crippen MR) is 105 cm³/mol. The van der Waals surface area contributed by atoms with Crippen molar-refractivity contribution in [2.45, 2.75) is 25.8 Å².